The van der Waals surface area contributed by atoms with Gasteiger partial charge in [-0.15, -0.1) is 0 Å². The van der Waals surface area contributed by atoms with Crippen LogP contribution in [0.2, 0.25) is 0 Å². The standard InChI is InChI=1S/C21H22N4O/c1-13-5-8-17(9-6-13)23-21-22-16(4)12-19(25-21)20(26)24-18-10-7-14(2)11-15(18)3/h5-12H,1-4H3,(H,24,26)(H,22,23,25). The fourth-order valence-electron chi connectivity index (χ4n) is 2.65. The number of hydrogen-bond donors (Lipinski definition) is 2. The Morgan fingerprint density at radius 1 is 0.846 bits per heavy atom. The van der Waals surface area contributed by atoms with E-state index in [1.165, 1.54) is 5.56 Å². The lowest BCUT2D eigenvalue weighted by Crippen LogP contribution is -2.16. The molecule has 1 amide bonds. The van der Waals surface area contributed by atoms with Crippen molar-refractivity contribution in [3.63, 3.8) is 0 Å². The minimum atomic E-state index is -0.255. The Labute approximate surface area is 153 Å². The third-order valence-electron chi connectivity index (χ3n) is 4.02. The topological polar surface area (TPSA) is 66.9 Å². The monoisotopic (exact) mass is 346 g/mol. The van der Waals surface area contributed by atoms with Crippen molar-refractivity contribution in [1.29, 1.82) is 0 Å². The van der Waals surface area contributed by atoms with E-state index in [0.717, 1.165) is 28.2 Å². The number of amides is 1. The number of carbonyl (C=O) groups excluding carboxylic acids is 1. The maximum absolute atomic E-state index is 12.6. The summed E-state index contributed by atoms with van der Waals surface area (Å²) in [5, 5.41) is 6.07. The molecule has 0 spiro atoms. The molecule has 5 nitrogen and oxygen atoms in total. The lowest BCUT2D eigenvalue weighted by molar-refractivity contribution is 0.102. The Kier molecular flexibility index (Phi) is 4.98. The van der Waals surface area contributed by atoms with Gasteiger partial charge in [-0.05, 0) is 57.5 Å². The molecule has 132 valence electrons. The van der Waals surface area contributed by atoms with E-state index < -0.39 is 0 Å². The lowest BCUT2D eigenvalue weighted by atomic mass is 10.1. The van der Waals surface area contributed by atoms with E-state index in [0.29, 0.717) is 11.6 Å². The maximum atomic E-state index is 12.6. The van der Waals surface area contributed by atoms with Crippen LogP contribution >= 0.6 is 0 Å². The van der Waals surface area contributed by atoms with Gasteiger partial charge in [0.25, 0.3) is 5.91 Å². The highest BCUT2D eigenvalue weighted by Crippen LogP contribution is 2.18. The van der Waals surface area contributed by atoms with Crippen LogP contribution in [-0.2, 0) is 0 Å². The van der Waals surface area contributed by atoms with Gasteiger partial charge in [-0.3, -0.25) is 4.79 Å². The Hall–Kier alpha value is -3.21. The van der Waals surface area contributed by atoms with Crippen LogP contribution in [0.4, 0.5) is 17.3 Å². The third kappa shape index (κ3) is 4.25. The van der Waals surface area contributed by atoms with Crippen molar-refractivity contribution in [2.75, 3.05) is 10.6 Å². The van der Waals surface area contributed by atoms with Gasteiger partial charge < -0.3 is 10.6 Å². The molecule has 0 radical (unpaired) electrons. The second-order valence-corrected chi connectivity index (χ2v) is 6.48. The molecule has 1 aromatic heterocycles. The summed E-state index contributed by atoms with van der Waals surface area (Å²) in [7, 11) is 0. The minimum Gasteiger partial charge on any atom is -0.324 e. The Morgan fingerprint density at radius 3 is 2.23 bits per heavy atom. The maximum Gasteiger partial charge on any atom is 0.274 e. The zero-order chi connectivity index (χ0) is 18.7. The summed E-state index contributed by atoms with van der Waals surface area (Å²) in [5.74, 6) is 0.147. The molecule has 0 saturated heterocycles. The van der Waals surface area contributed by atoms with E-state index in [2.05, 4.69) is 20.6 Å². The van der Waals surface area contributed by atoms with Gasteiger partial charge in [-0.2, -0.15) is 0 Å². The van der Waals surface area contributed by atoms with Gasteiger partial charge >= 0.3 is 0 Å². The van der Waals surface area contributed by atoms with Crippen molar-refractivity contribution in [1.82, 2.24) is 9.97 Å². The molecule has 2 aromatic carbocycles. The molecule has 0 unspecified atom stereocenters. The average Bonchev–Trinajstić information content (AvgIpc) is 2.59. The number of hydrogen-bond acceptors (Lipinski definition) is 4. The van der Waals surface area contributed by atoms with Gasteiger partial charge in [0, 0.05) is 17.1 Å². The SMILES string of the molecule is Cc1ccc(Nc2nc(C)cc(C(=O)Nc3ccc(C)cc3C)n2)cc1. The number of carbonyl (C=O) groups is 1. The zero-order valence-corrected chi connectivity index (χ0v) is 15.4. The Bertz CT molecular complexity index is 949. The van der Waals surface area contributed by atoms with Crippen molar-refractivity contribution in [3.05, 3.63) is 76.6 Å². The number of nitrogens with zero attached hydrogens (tertiary/aromatic N) is 2. The van der Waals surface area contributed by atoms with Crippen molar-refractivity contribution >= 4 is 23.2 Å². The van der Waals surface area contributed by atoms with Crippen molar-refractivity contribution in [2.45, 2.75) is 27.7 Å². The minimum absolute atomic E-state index is 0.255. The molecule has 3 rings (SSSR count). The Morgan fingerprint density at radius 2 is 1.54 bits per heavy atom. The first kappa shape index (κ1) is 17.6. The smallest absolute Gasteiger partial charge is 0.274 e. The summed E-state index contributed by atoms with van der Waals surface area (Å²) in [6.07, 6.45) is 0. The molecule has 0 aliphatic carbocycles. The number of nitrogens with one attached hydrogen (secondary N) is 2. The first-order valence-electron chi connectivity index (χ1n) is 8.49. The molecule has 1 heterocycles. The first-order chi connectivity index (χ1) is 12.4. The van der Waals surface area contributed by atoms with Gasteiger partial charge in [-0.1, -0.05) is 35.4 Å². The van der Waals surface area contributed by atoms with Gasteiger partial charge in [-0.25, -0.2) is 9.97 Å². The summed E-state index contributed by atoms with van der Waals surface area (Å²) in [6.45, 7) is 7.87. The fourth-order valence-corrected chi connectivity index (χ4v) is 2.65. The van der Waals surface area contributed by atoms with Crippen LogP contribution in [0.15, 0.2) is 48.5 Å². The predicted molar refractivity (Wildman–Crippen MR) is 105 cm³/mol. The van der Waals surface area contributed by atoms with Crippen molar-refractivity contribution in [3.8, 4) is 0 Å². The van der Waals surface area contributed by atoms with Crippen LogP contribution < -0.4 is 10.6 Å². The summed E-state index contributed by atoms with van der Waals surface area (Å²) in [6, 6.07) is 15.5. The molecule has 0 aliphatic rings. The van der Waals surface area contributed by atoms with Gasteiger partial charge in [0.1, 0.15) is 5.69 Å². The molecule has 5 heteroatoms. The molecule has 0 bridgehead atoms. The van der Waals surface area contributed by atoms with E-state index in [9.17, 15) is 4.79 Å². The number of aromatic nitrogens is 2. The summed E-state index contributed by atoms with van der Waals surface area (Å²) < 4.78 is 0. The van der Waals surface area contributed by atoms with E-state index >= 15 is 0 Å². The second-order valence-electron chi connectivity index (χ2n) is 6.48. The molecule has 0 fully saturated rings. The molecular formula is C21H22N4O. The second kappa shape index (κ2) is 7.35. The van der Waals surface area contributed by atoms with Crippen LogP contribution in [0.25, 0.3) is 0 Å². The summed E-state index contributed by atoms with van der Waals surface area (Å²) >= 11 is 0. The molecule has 2 N–H and O–H groups in total. The fraction of sp³-hybridized carbons (Fsp3) is 0.190. The predicted octanol–water partition coefficient (Wildman–Crippen LogP) is 4.71. The number of anilines is 3. The molecule has 26 heavy (non-hydrogen) atoms. The molecular weight excluding hydrogens is 324 g/mol. The Balaban J connectivity index is 1.82. The van der Waals surface area contributed by atoms with Crippen molar-refractivity contribution < 1.29 is 4.79 Å². The largest absolute Gasteiger partial charge is 0.324 e. The third-order valence-corrected chi connectivity index (χ3v) is 4.02. The highest BCUT2D eigenvalue weighted by molar-refractivity contribution is 6.03. The molecule has 0 saturated carbocycles. The molecule has 0 atom stereocenters. The number of rotatable bonds is 4. The van der Waals surface area contributed by atoms with Gasteiger partial charge in [0.2, 0.25) is 5.95 Å². The van der Waals surface area contributed by atoms with Crippen LogP contribution in [-0.4, -0.2) is 15.9 Å². The summed E-state index contributed by atoms with van der Waals surface area (Å²) in [4.78, 5) is 21.4. The number of benzene rings is 2. The molecule has 0 aliphatic heterocycles. The zero-order valence-electron chi connectivity index (χ0n) is 15.4. The van der Waals surface area contributed by atoms with Crippen LogP contribution in [0.1, 0.15) is 32.9 Å². The van der Waals surface area contributed by atoms with Crippen LogP contribution in [0, 0.1) is 27.7 Å². The molecule has 3 aromatic rings. The van der Waals surface area contributed by atoms with Gasteiger partial charge in [0.05, 0.1) is 0 Å². The quantitative estimate of drug-likeness (QED) is 0.718. The van der Waals surface area contributed by atoms with Crippen molar-refractivity contribution in [2.24, 2.45) is 0 Å². The van der Waals surface area contributed by atoms with Crippen LogP contribution in [0.3, 0.4) is 0 Å². The highest BCUT2D eigenvalue weighted by atomic mass is 16.1. The van der Waals surface area contributed by atoms with E-state index in [-0.39, 0.29) is 5.91 Å². The van der Waals surface area contributed by atoms with Crippen LogP contribution in [0.5, 0.6) is 0 Å². The normalized spacial score (nSPS) is 10.5. The lowest BCUT2D eigenvalue weighted by Gasteiger charge is -2.11. The van der Waals surface area contributed by atoms with E-state index in [1.807, 2.05) is 70.2 Å². The highest BCUT2D eigenvalue weighted by Gasteiger charge is 2.12. The average molecular weight is 346 g/mol. The number of aryl methyl sites for hydroxylation is 4. The summed E-state index contributed by atoms with van der Waals surface area (Å²) in [5.41, 5.74) is 6.05. The van der Waals surface area contributed by atoms with E-state index in [4.69, 9.17) is 0 Å². The van der Waals surface area contributed by atoms with E-state index in [1.54, 1.807) is 6.07 Å². The van der Waals surface area contributed by atoms with Gasteiger partial charge in [0.15, 0.2) is 0 Å². The first-order valence-corrected chi connectivity index (χ1v) is 8.49.